The molecule has 1 amide bonds. The largest absolute Gasteiger partial charge is 0.481 e. The molecule has 2 aliphatic heterocycles. The molecule has 2 aromatic rings. The lowest BCUT2D eigenvalue weighted by Gasteiger charge is -2.30. The van der Waals surface area contributed by atoms with E-state index in [1.807, 2.05) is 47.4 Å². The number of benzene rings is 2. The number of carbonyl (C=O) groups is 2. The minimum absolute atomic E-state index is 0.0712. The van der Waals surface area contributed by atoms with Gasteiger partial charge in [-0.3, -0.25) is 9.59 Å². The Morgan fingerprint density at radius 3 is 2.50 bits per heavy atom. The molecule has 1 fully saturated rings. The van der Waals surface area contributed by atoms with Crippen molar-refractivity contribution in [1.29, 1.82) is 0 Å². The predicted octanol–water partition coefficient (Wildman–Crippen LogP) is 7.38. The van der Waals surface area contributed by atoms with E-state index < -0.39 is 11.9 Å². The van der Waals surface area contributed by atoms with Crippen LogP contribution in [0.1, 0.15) is 87.1 Å². The smallest absolute Gasteiger partial charge is 0.307 e. The summed E-state index contributed by atoms with van der Waals surface area (Å²) in [4.78, 5) is 30.4. The van der Waals surface area contributed by atoms with E-state index in [2.05, 4.69) is 18.7 Å². The van der Waals surface area contributed by atoms with Crippen molar-refractivity contribution in [3.8, 4) is 0 Å². The molecule has 1 N–H and O–H groups in total. The van der Waals surface area contributed by atoms with Crippen LogP contribution in [0, 0.1) is 11.8 Å². The second-order valence-electron chi connectivity index (χ2n) is 10.5. The van der Waals surface area contributed by atoms with Crippen molar-refractivity contribution in [2.45, 2.75) is 71.1 Å². The summed E-state index contributed by atoms with van der Waals surface area (Å²) < 4.78 is 0. The first-order valence-electron chi connectivity index (χ1n) is 13.6. The summed E-state index contributed by atoms with van der Waals surface area (Å²) in [5.41, 5.74) is 3.34. The summed E-state index contributed by atoms with van der Waals surface area (Å²) in [5, 5.41) is 10.7. The number of anilines is 2. The number of rotatable bonds is 9. The number of carbonyl (C=O) groups excluding carboxylic acids is 1. The Bertz CT molecular complexity index is 1070. The van der Waals surface area contributed by atoms with Crippen molar-refractivity contribution in [2.75, 3.05) is 29.4 Å². The number of nitrogens with zero attached hydrogens (tertiary/aromatic N) is 2. The average Bonchev–Trinajstić information content (AvgIpc) is 3.34. The summed E-state index contributed by atoms with van der Waals surface area (Å²) in [6, 6.07) is 13.6. The topological polar surface area (TPSA) is 60.9 Å². The molecule has 4 rings (SSSR count). The Morgan fingerprint density at radius 1 is 1.06 bits per heavy atom. The summed E-state index contributed by atoms with van der Waals surface area (Å²) in [6.07, 6.45) is 8.05. The Hall–Kier alpha value is -2.53. The quantitative estimate of drug-likeness (QED) is 0.357. The molecule has 6 heteroatoms. The van der Waals surface area contributed by atoms with Gasteiger partial charge in [-0.05, 0) is 73.8 Å². The maximum Gasteiger partial charge on any atom is 0.307 e. The van der Waals surface area contributed by atoms with Gasteiger partial charge in [-0.2, -0.15) is 0 Å². The molecule has 1 unspecified atom stereocenters. The number of halogens is 1. The van der Waals surface area contributed by atoms with Gasteiger partial charge in [0, 0.05) is 31.0 Å². The first-order valence-corrected chi connectivity index (χ1v) is 14.0. The van der Waals surface area contributed by atoms with Crippen LogP contribution in [0.25, 0.3) is 0 Å². The third-order valence-electron chi connectivity index (χ3n) is 8.02. The van der Waals surface area contributed by atoms with Gasteiger partial charge >= 0.3 is 5.97 Å². The van der Waals surface area contributed by atoms with Crippen LogP contribution in [0.4, 0.5) is 11.4 Å². The monoisotopic (exact) mass is 510 g/mol. The molecule has 0 aromatic heterocycles. The van der Waals surface area contributed by atoms with Gasteiger partial charge in [0.1, 0.15) is 0 Å². The highest BCUT2D eigenvalue weighted by atomic mass is 35.5. The standard InChI is InChI=1S/C30H39ClN2O3/c1-3-4-5-11-21(2)28(30(35)36)24-13-10-19-33(27-14-7-6-12-23(24)27)29(34)25-16-15-22(20-26(25)31)32-17-8-9-18-32/h6-7,12,14-16,20-21,24,28H,3-5,8-11,13,17-19H2,1-2H3,(H,35,36)/t21?,24-,28-/m0/s1. The van der Waals surface area contributed by atoms with Crippen LogP contribution in [0.3, 0.4) is 0 Å². The summed E-state index contributed by atoms with van der Waals surface area (Å²) in [6.45, 7) is 6.83. The predicted molar refractivity (Wildman–Crippen MR) is 147 cm³/mol. The molecular formula is C30H39ClN2O3. The van der Waals surface area contributed by atoms with E-state index >= 15 is 0 Å². The first-order chi connectivity index (χ1) is 17.4. The number of para-hydroxylation sites is 1. The molecule has 2 heterocycles. The highest BCUT2D eigenvalue weighted by molar-refractivity contribution is 6.34. The molecule has 0 aliphatic carbocycles. The number of carboxylic acids is 1. The van der Waals surface area contributed by atoms with Crippen molar-refractivity contribution in [3.05, 3.63) is 58.6 Å². The molecule has 2 aliphatic rings. The van der Waals surface area contributed by atoms with Crippen LogP contribution in [-0.2, 0) is 4.79 Å². The molecule has 1 saturated heterocycles. The van der Waals surface area contributed by atoms with Gasteiger partial charge in [-0.25, -0.2) is 0 Å². The Balaban J connectivity index is 1.62. The van der Waals surface area contributed by atoms with Crippen molar-refractivity contribution >= 4 is 34.9 Å². The maximum absolute atomic E-state index is 13.8. The summed E-state index contributed by atoms with van der Waals surface area (Å²) in [5.74, 6) is -1.38. The van der Waals surface area contributed by atoms with Gasteiger partial charge in [-0.15, -0.1) is 0 Å². The van der Waals surface area contributed by atoms with Gasteiger partial charge < -0.3 is 14.9 Å². The molecule has 194 valence electrons. The van der Waals surface area contributed by atoms with E-state index in [0.717, 1.165) is 68.6 Å². The second kappa shape index (κ2) is 12.1. The summed E-state index contributed by atoms with van der Waals surface area (Å²) in [7, 11) is 0. The zero-order chi connectivity index (χ0) is 25.7. The second-order valence-corrected chi connectivity index (χ2v) is 10.9. The fraction of sp³-hybridized carbons (Fsp3) is 0.533. The van der Waals surface area contributed by atoms with Crippen LogP contribution in [0.5, 0.6) is 0 Å². The number of carboxylic acid groups (broad SMARTS) is 1. The third kappa shape index (κ3) is 5.72. The van der Waals surface area contributed by atoms with Crippen molar-refractivity contribution in [2.24, 2.45) is 11.8 Å². The van der Waals surface area contributed by atoms with Crippen LogP contribution < -0.4 is 9.80 Å². The molecule has 5 nitrogen and oxygen atoms in total. The minimum Gasteiger partial charge on any atom is -0.481 e. The van der Waals surface area contributed by atoms with Crippen LogP contribution in [0.2, 0.25) is 5.02 Å². The van der Waals surface area contributed by atoms with Crippen molar-refractivity contribution in [1.82, 2.24) is 0 Å². The van der Waals surface area contributed by atoms with Crippen molar-refractivity contribution < 1.29 is 14.7 Å². The first kappa shape index (κ1) is 26.5. The Morgan fingerprint density at radius 2 is 1.81 bits per heavy atom. The molecule has 0 bridgehead atoms. The molecule has 36 heavy (non-hydrogen) atoms. The fourth-order valence-corrected chi connectivity index (χ4v) is 6.33. The van der Waals surface area contributed by atoms with Crippen molar-refractivity contribution in [3.63, 3.8) is 0 Å². The van der Waals surface area contributed by atoms with E-state index in [9.17, 15) is 14.7 Å². The maximum atomic E-state index is 13.8. The van der Waals surface area contributed by atoms with Gasteiger partial charge in [0.2, 0.25) is 0 Å². The number of unbranched alkanes of at least 4 members (excludes halogenated alkanes) is 2. The lowest BCUT2D eigenvalue weighted by molar-refractivity contribution is -0.144. The van der Waals surface area contributed by atoms with Gasteiger partial charge in [0.25, 0.3) is 5.91 Å². The fourth-order valence-electron chi connectivity index (χ4n) is 6.08. The highest BCUT2D eigenvalue weighted by Crippen LogP contribution is 2.43. The molecule has 0 saturated carbocycles. The molecule has 2 aromatic carbocycles. The minimum atomic E-state index is -0.737. The molecular weight excluding hydrogens is 472 g/mol. The molecule has 0 radical (unpaired) electrons. The van der Waals surface area contributed by atoms with E-state index in [0.29, 0.717) is 17.1 Å². The number of hydrogen-bond donors (Lipinski definition) is 1. The number of fused-ring (bicyclic) bond motifs is 1. The van der Waals surface area contributed by atoms with Gasteiger partial charge in [-0.1, -0.05) is 62.9 Å². The SMILES string of the molecule is CCCCCC(C)[C@H](C(=O)O)[C@H]1CCCN(C(=O)c2ccc(N3CCCC3)cc2Cl)c2ccccc21. The van der Waals surface area contributed by atoms with Crippen LogP contribution in [0.15, 0.2) is 42.5 Å². The van der Waals surface area contributed by atoms with Gasteiger partial charge in [0.05, 0.1) is 16.5 Å². The van der Waals surface area contributed by atoms with E-state index in [-0.39, 0.29) is 17.7 Å². The highest BCUT2D eigenvalue weighted by Gasteiger charge is 2.38. The normalized spacial score (nSPS) is 19.5. The van der Waals surface area contributed by atoms with E-state index in [1.165, 1.54) is 12.8 Å². The lowest BCUT2D eigenvalue weighted by atomic mass is 9.74. The number of aliphatic carboxylic acids is 1. The summed E-state index contributed by atoms with van der Waals surface area (Å²) >= 11 is 6.66. The van der Waals surface area contributed by atoms with Gasteiger partial charge in [0.15, 0.2) is 0 Å². The molecule has 0 spiro atoms. The van der Waals surface area contributed by atoms with E-state index in [1.54, 1.807) is 0 Å². The third-order valence-corrected chi connectivity index (χ3v) is 8.33. The van der Waals surface area contributed by atoms with Crippen LogP contribution >= 0.6 is 11.6 Å². The Kier molecular flexibility index (Phi) is 8.95. The van der Waals surface area contributed by atoms with Crippen LogP contribution in [-0.4, -0.2) is 36.6 Å². The zero-order valence-electron chi connectivity index (χ0n) is 21.6. The lowest BCUT2D eigenvalue weighted by Crippen LogP contribution is -2.32. The average molecular weight is 511 g/mol. The Labute approximate surface area is 220 Å². The zero-order valence-corrected chi connectivity index (χ0v) is 22.3. The molecule has 3 atom stereocenters. The number of amides is 1. The number of hydrogen-bond acceptors (Lipinski definition) is 3. The van der Waals surface area contributed by atoms with E-state index in [4.69, 9.17) is 11.6 Å².